The van der Waals surface area contributed by atoms with Crippen LogP contribution in [0.2, 0.25) is 0 Å². The first kappa shape index (κ1) is 9.98. The Morgan fingerprint density at radius 2 is 2.00 bits per heavy atom. The van der Waals surface area contributed by atoms with Gasteiger partial charge in [-0.1, -0.05) is 0 Å². The smallest absolute Gasteiger partial charge is 0.300 e. The van der Waals surface area contributed by atoms with E-state index in [0.29, 0.717) is 0 Å². The predicted molar refractivity (Wildman–Crippen MR) is 25.5 cm³/mol. The van der Waals surface area contributed by atoms with E-state index in [-0.39, 0.29) is 0 Å². The lowest BCUT2D eigenvalue weighted by Crippen LogP contribution is -1.78. The average Bonchev–Trinajstić information content (AvgIpc) is 1.65. The van der Waals surface area contributed by atoms with Gasteiger partial charge in [-0.2, -0.15) is 5.53 Å². The highest BCUT2D eigenvalue weighted by atomic mass is 16.6. The van der Waals surface area contributed by atoms with Crippen molar-refractivity contribution in [2.24, 2.45) is 5.28 Å². The van der Waals surface area contributed by atoms with Gasteiger partial charge in [0.25, 0.3) is 5.97 Å². The molecule has 0 saturated heterocycles. The van der Waals surface area contributed by atoms with E-state index in [1.807, 2.05) is 0 Å². The van der Waals surface area contributed by atoms with E-state index in [0.717, 1.165) is 6.92 Å². The SMILES string of the molecule is CC(=O)O.CON=N. The van der Waals surface area contributed by atoms with Crippen LogP contribution in [0.5, 0.6) is 0 Å². The summed E-state index contributed by atoms with van der Waals surface area (Å²) < 4.78 is 0. The van der Waals surface area contributed by atoms with Crippen molar-refractivity contribution in [1.29, 1.82) is 5.53 Å². The maximum atomic E-state index is 9.00. The molecule has 0 aliphatic heterocycles. The third-order valence-electron chi connectivity index (χ3n) is 0.0913. The lowest BCUT2D eigenvalue weighted by Gasteiger charge is -1.68. The molecule has 2 N–H and O–H groups in total. The first-order valence-electron chi connectivity index (χ1n) is 1.74. The Hall–Kier alpha value is -1.13. The number of hydrogen-bond acceptors (Lipinski definition) is 4. The lowest BCUT2D eigenvalue weighted by molar-refractivity contribution is -0.134. The van der Waals surface area contributed by atoms with Gasteiger partial charge in [-0.25, -0.2) is 0 Å². The molecule has 0 heterocycles. The van der Waals surface area contributed by atoms with Gasteiger partial charge in [0.2, 0.25) is 0 Å². The normalized spacial score (nSPS) is 5.75. The third-order valence-corrected chi connectivity index (χ3v) is 0.0913. The summed E-state index contributed by atoms with van der Waals surface area (Å²) in [5.74, 6) is -0.833. The Morgan fingerprint density at radius 3 is 2.00 bits per heavy atom. The van der Waals surface area contributed by atoms with Crippen LogP contribution in [0, 0.1) is 5.53 Å². The highest BCUT2D eigenvalue weighted by Gasteiger charge is 1.65. The molecular formula is C3H8N2O3. The number of carboxylic acids is 1. The van der Waals surface area contributed by atoms with Gasteiger partial charge < -0.3 is 9.94 Å². The minimum atomic E-state index is -0.833. The Labute approximate surface area is 46.7 Å². The molecular weight excluding hydrogens is 112 g/mol. The molecule has 0 saturated carbocycles. The monoisotopic (exact) mass is 120 g/mol. The molecule has 0 atom stereocenters. The van der Waals surface area contributed by atoms with Crippen molar-refractivity contribution in [3.63, 3.8) is 0 Å². The first-order valence-corrected chi connectivity index (χ1v) is 1.74. The van der Waals surface area contributed by atoms with Gasteiger partial charge in [0.15, 0.2) is 0 Å². The summed E-state index contributed by atoms with van der Waals surface area (Å²) >= 11 is 0. The van der Waals surface area contributed by atoms with Crippen LogP contribution >= 0.6 is 0 Å². The molecule has 0 rings (SSSR count). The lowest BCUT2D eigenvalue weighted by atomic mass is 10.9. The van der Waals surface area contributed by atoms with Crippen molar-refractivity contribution < 1.29 is 14.7 Å². The van der Waals surface area contributed by atoms with Gasteiger partial charge in [0.1, 0.15) is 7.11 Å². The van der Waals surface area contributed by atoms with E-state index in [2.05, 4.69) is 10.1 Å². The van der Waals surface area contributed by atoms with Gasteiger partial charge in [-0.3, -0.25) is 4.79 Å². The standard InChI is InChI=1S/C2H4O2.CH4N2O/c1-2(3)4;1-4-3-2/h1H3,(H,3,4);2H,1H3. The van der Waals surface area contributed by atoms with Gasteiger partial charge in [-0.15, -0.1) is 0 Å². The molecule has 0 radical (unpaired) electrons. The summed E-state index contributed by atoms with van der Waals surface area (Å²) in [6, 6.07) is 0. The highest BCUT2D eigenvalue weighted by Crippen LogP contribution is 1.52. The van der Waals surface area contributed by atoms with E-state index in [9.17, 15) is 0 Å². The quantitative estimate of drug-likeness (QED) is 0.394. The molecule has 0 aromatic rings. The van der Waals surface area contributed by atoms with Crippen molar-refractivity contribution in [1.82, 2.24) is 0 Å². The Morgan fingerprint density at radius 1 is 1.88 bits per heavy atom. The van der Waals surface area contributed by atoms with Crippen LogP contribution in [0.25, 0.3) is 0 Å². The van der Waals surface area contributed by atoms with E-state index >= 15 is 0 Å². The summed E-state index contributed by atoms with van der Waals surface area (Å²) in [7, 11) is 1.33. The number of rotatable bonds is 1. The van der Waals surface area contributed by atoms with Gasteiger partial charge in [-0.05, 0) is 0 Å². The second kappa shape index (κ2) is 9.30. The molecule has 0 unspecified atom stereocenters. The number of aliphatic carboxylic acids is 1. The zero-order chi connectivity index (χ0) is 6.99. The number of carbonyl (C=O) groups is 1. The summed E-state index contributed by atoms with van der Waals surface area (Å²) in [6.45, 7) is 1.08. The predicted octanol–water partition coefficient (Wildman–Crippen LogP) is 0.670. The molecule has 5 heteroatoms. The average molecular weight is 120 g/mol. The van der Waals surface area contributed by atoms with Crippen molar-refractivity contribution >= 4 is 5.97 Å². The summed E-state index contributed by atoms with van der Waals surface area (Å²) in [4.78, 5) is 12.8. The van der Waals surface area contributed by atoms with Crippen molar-refractivity contribution in [3.8, 4) is 0 Å². The molecule has 0 bridgehead atoms. The van der Waals surface area contributed by atoms with E-state index < -0.39 is 5.97 Å². The van der Waals surface area contributed by atoms with Crippen LogP contribution < -0.4 is 0 Å². The van der Waals surface area contributed by atoms with Crippen LogP contribution in [0.1, 0.15) is 6.92 Å². The molecule has 8 heavy (non-hydrogen) atoms. The Balaban J connectivity index is 0. The van der Waals surface area contributed by atoms with Gasteiger partial charge >= 0.3 is 0 Å². The zero-order valence-electron chi connectivity index (χ0n) is 4.71. The molecule has 0 amide bonds. The summed E-state index contributed by atoms with van der Waals surface area (Å²) in [5, 5.41) is 9.90. The topological polar surface area (TPSA) is 82.7 Å². The van der Waals surface area contributed by atoms with Gasteiger partial charge in [0.05, 0.1) is 0 Å². The molecule has 0 spiro atoms. The fourth-order valence-electron chi connectivity index (χ4n) is 0. The third kappa shape index (κ3) is 4320. The molecule has 0 aliphatic carbocycles. The van der Waals surface area contributed by atoms with Gasteiger partial charge in [0, 0.05) is 12.2 Å². The van der Waals surface area contributed by atoms with Crippen molar-refractivity contribution in [3.05, 3.63) is 0 Å². The summed E-state index contributed by atoms with van der Waals surface area (Å²) in [6.07, 6.45) is 0. The van der Waals surface area contributed by atoms with Crippen LogP contribution in [0.4, 0.5) is 0 Å². The molecule has 5 nitrogen and oxygen atoms in total. The van der Waals surface area contributed by atoms with Crippen molar-refractivity contribution in [2.75, 3.05) is 7.11 Å². The minimum absolute atomic E-state index is 0.833. The first-order chi connectivity index (χ1) is 3.65. The largest absolute Gasteiger partial charge is 0.481 e. The van der Waals surface area contributed by atoms with Crippen LogP contribution in [-0.4, -0.2) is 18.2 Å². The second-order valence-electron chi connectivity index (χ2n) is 0.793. The second-order valence-corrected chi connectivity index (χ2v) is 0.793. The fourth-order valence-corrected chi connectivity index (χ4v) is 0. The van der Waals surface area contributed by atoms with Crippen LogP contribution in [0.3, 0.4) is 0 Å². The molecule has 0 aromatic heterocycles. The number of nitrogens with zero attached hydrogens (tertiary/aromatic N) is 1. The van der Waals surface area contributed by atoms with E-state index in [4.69, 9.17) is 15.4 Å². The zero-order valence-corrected chi connectivity index (χ0v) is 4.71. The number of hydrogen-bond donors (Lipinski definition) is 2. The molecule has 48 valence electrons. The maximum absolute atomic E-state index is 9.00. The van der Waals surface area contributed by atoms with Crippen molar-refractivity contribution in [2.45, 2.75) is 6.92 Å². The molecule has 0 fully saturated rings. The van der Waals surface area contributed by atoms with E-state index in [1.165, 1.54) is 7.11 Å². The maximum Gasteiger partial charge on any atom is 0.300 e. The van der Waals surface area contributed by atoms with Crippen LogP contribution in [-0.2, 0) is 9.63 Å². The minimum Gasteiger partial charge on any atom is -0.481 e. The highest BCUT2D eigenvalue weighted by molar-refractivity contribution is 5.62. The van der Waals surface area contributed by atoms with E-state index in [1.54, 1.807) is 0 Å². The Kier molecular flexibility index (Phi) is 11.6. The number of nitrogens with one attached hydrogen (secondary N) is 1. The molecule has 0 aliphatic rings. The molecule has 0 aromatic carbocycles. The Bertz CT molecular complexity index is 68.9. The van der Waals surface area contributed by atoms with Crippen LogP contribution in [0.15, 0.2) is 5.28 Å². The fraction of sp³-hybridized carbons (Fsp3) is 0.667. The summed E-state index contributed by atoms with van der Waals surface area (Å²) in [5.41, 5.74) is 5.85. The number of carboxylic acid groups (broad SMARTS) is 1.